The molecule has 0 aliphatic carbocycles. The molecule has 0 radical (unpaired) electrons. The maximum Gasteiger partial charge on any atom is 0.373 e. The summed E-state index contributed by atoms with van der Waals surface area (Å²) in [5, 5.41) is 19.4. The van der Waals surface area contributed by atoms with Crippen molar-refractivity contribution in [2.45, 2.75) is 25.7 Å². The molecule has 1 saturated heterocycles. The second kappa shape index (κ2) is 9.95. The van der Waals surface area contributed by atoms with Crippen molar-refractivity contribution in [1.82, 2.24) is 20.2 Å². The van der Waals surface area contributed by atoms with Gasteiger partial charge in [0.15, 0.2) is 5.78 Å². The molecule has 1 aliphatic heterocycles. The van der Waals surface area contributed by atoms with Gasteiger partial charge in [0.2, 0.25) is 5.82 Å². The molecule has 1 N–H and O–H groups in total. The van der Waals surface area contributed by atoms with Crippen molar-refractivity contribution in [3.8, 4) is 11.6 Å². The Hall–Kier alpha value is -4.60. The molecule has 0 bridgehead atoms. The van der Waals surface area contributed by atoms with Crippen molar-refractivity contribution in [2.24, 2.45) is 0 Å². The molecule has 2 aromatic heterocycles. The van der Waals surface area contributed by atoms with Crippen LogP contribution in [0.15, 0.2) is 67.0 Å². The van der Waals surface area contributed by atoms with E-state index >= 15 is 0 Å². The van der Waals surface area contributed by atoms with Crippen LogP contribution in [0.2, 0.25) is 0 Å². The zero-order chi connectivity index (χ0) is 25.1. The zero-order valence-electron chi connectivity index (χ0n) is 19.6. The van der Waals surface area contributed by atoms with Gasteiger partial charge in [-0.05, 0) is 50.1 Å². The summed E-state index contributed by atoms with van der Waals surface area (Å²) < 4.78 is 5.79. The lowest BCUT2D eigenvalue weighted by Gasteiger charge is -2.31. The van der Waals surface area contributed by atoms with Gasteiger partial charge in [0.1, 0.15) is 12.1 Å². The minimum absolute atomic E-state index is 0.120. The van der Waals surface area contributed by atoms with E-state index in [1.807, 2.05) is 24.0 Å². The fourth-order valence-electron chi connectivity index (χ4n) is 4.40. The van der Waals surface area contributed by atoms with Gasteiger partial charge in [-0.1, -0.05) is 30.3 Å². The van der Waals surface area contributed by atoms with Gasteiger partial charge in [0.05, 0.1) is 10.6 Å². The first kappa shape index (κ1) is 23.2. The number of hydrogen-bond donors (Lipinski definition) is 1. The van der Waals surface area contributed by atoms with Crippen molar-refractivity contribution in [2.75, 3.05) is 18.0 Å². The summed E-state index contributed by atoms with van der Waals surface area (Å²) in [5.41, 5.74) is 2.81. The molecular formula is C26H24N6O4. The Bertz CT molecular complexity index is 1380. The van der Waals surface area contributed by atoms with Gasteiger partial charge in [-0.15, -0.1) is 0 Å². The van der Waals surface area contributed by atoms with Crippen molar-refractivity contribution in [3.05, 3.63) is 99.6 Å². The first-order valence-electron chi connectivity index (χ1n) is 11.6. The number of anilines is 1. The van der Waals surface area contributed by atoms with E-state index in [1.165, 1.54) is 6.33 Å². The van der Waals surface area contributed by atoms with Crippen LogP contribution in [0.4, 0.5) is 11.5 Å². The fraction of sp³-hybridized carbons (Fsp3) is 0.231. The van der Waals surface area contributed by atoms with E-state index in [4.69, 9.17) is 4.74 Å². The summed E-state index contributed by atoms with van der Waals surface area (Å²) in [6.45, 7) is 3.17. The molecule has 1 aliphatic rings. The van der Waals surface area contributed by atoms with Gasteiger partial charge in [0, 0.05) is 35.8 Å². The number of aromatic amines is 1. The third-order valence-electron chi connectivity index (χ3n) is 6.26. The molecule has 182 valence electrons. The minimum Gasteiger partial charge on any atom is -0.434 e. The number of rotatable bonds is 7. The van der Waals surface area contributed by atoms with E-state index in [1.54, 1.807) is 48.5 Å². The SMILES string of the molecule is Cc1cc(C2CCN(c3ncnc(Oc4ccc(C(=O)c5ccccc5)cc4)c3[N+](=O)[O-])CC2)n[nH]1. The van der Waals surface area contributed by atoms with Crippen molar-refractivity contribution < 1.29 is 14.5 Å². The Labute approximate surface area is 207 Å². The molecule has 0 saturated carbocycles. The van der Waals surface area contributed by atoms with Crippen LogP contribution in [0.25, 0.3) is 0 Å². The molecule has 4 aromatic rings. The molecule has 1 fully saturated rings. The normalized spacial score (nSPS) is 14.0. The molecule has 3 heterocycles. The Morgan fingerprint density at radius 2 is 1.75 bits per heavy atom. The number of nitrogens with zero attached hydrogens (tertiary/aromatic N) is 5. The smallest absolute Gasteiger partial charge is 0.373 e. The first-order chi connectivity index (χ1) is 17.5. The van der Waals surface area contributed by atoms with Crippen LogP contribution < -0.4 is 9.64 Å². The number of benzene rings is 2. The number of ether oxygens (including phenoxy) is 1. The topological polar surface area (TPSA) is 127 Å². The largest absolute Gasteiger partial charge is 0.434 e. The molecule has 5 rings (SSSR count). The number of carbonyl (C=O) groups is 1. The molecule has 0 spiro atoms. The predicted octanol–water partition coefficient (Wildman–Crippen LogP) is 4.82. The maximum absolute atomic E-state index is 12.6. The van der Waals surface area contributed by atoms with Crippen molar-refractivity contribution >= 4 is 17.3 Å². The highest BCUT2D eigenvalue weighted by Crippen LogP contribution is 2.38. The van der Waals surface area contributed by atoms with Crippen LogP contribution in [0.1, 0.15) is 46.1 Å². The minimum atomic E-state index is -0.513. The van der Waals surface area contributed by atoms with Gasteiger partial charge < -0.3 is 9.64 Å². The summed E-state index contributed by atoms with van der Waals surface area (Å²) in [5.74, 6) is 0.598. The van der Waals surface area contributed by atoms with Crippen LogP contribution in [0.3, 0.4) is 0 Å². The number of ketones is 1. The summed E-state index contributed by atoms with van der Waals surface area (Å²) in [6.07, 6.45) is 2.88. The standard InChI is InChI=1S/C26H24N6O4/c1-17-15-22(30-29-17)18-11-13-31(14-12-18)25-23(32(34)35)26(28-16-27-25)36-21-9-7-20(8-10-21)24(33)19-5-3-2-4-6-19/h2-10,15-16,18H,11-14H2,1H3,(H,29,30). The molecule has 0 atom stereocenters. The van der Waals surface area contributed by atoms with E-state index in [2.05, 4.69) is 20.2 Å². The summed E-state index contributed by atoms with van der Waals surface area (Å²) in [7, 11) is 0. The Kier molecular flexibility index (Phi) is 6.40. The first-order valence-corrected chi connectivity index (χ1v) is 11.6. The zero-order valence-corrected chi connectivity index (χ0v) is 19.6. The third-order valence-corrected chi connectivity index (χ3v) is 6.26. The highest BCUT2D eigenvalue weighted by Gasteiger charge is 2.32. The summed E-state index contributed by atoms with van der Waals surface area (Å²) in [6, 6.07) is 17.4. The molecule has 10 heteroatoms. The van der Waals surface area contributed by atoms with Crippen molar-refractivity contribution in [3.63, 3.8) is 0 Å². The van der Waals surface area contributed by atoms with E-state index in [-0.39, 0.29) is 23.2 Å². The van der Waals surface area contributed by atoms with Crippen LogP contribution in [0, 0.1) is 17.0 Å². The van der Waals surface area contributed by atoms with Crippen LogP contribution in [-0.2, 0) is 0 Å². The van der Waals surface area contributed by atoms with Crippen molar-refractivity contribution in [1.29, 1.82) is 0 Å². The second-order valence-electron chi connectivity index (χ2n) is 8.67. The molecule has 10 nitrogen and oxygen atoms in total. The van der Waals surface area contributed by atoms with Crippen LogP contribution in [-0.4, -0.2) is 44.0 Å². The van der Waals surface area contributed by atoms with Crippen LogP contribution >= 0.6 is 0 Å². The lowest BCUT2D eigenvalue weighted by atomic mass is 9.93. The number of H-pyrrole nitrogens is 1. The van der Waals surface area contributed by atoms with Gasteiger partial charge in [-0.25, -0.2) is 4.98 Å². The number of piperidine rings is 1. The number of aryl methyl sites for hydroxylation is 1. The number of nitro groups is 1. The third kappa shape index (κ3) is 4.78. The summed E-state index contributed by atoms with van der Waals surface area (Å²) in [4.78, 5) is 34.3. The highest BCUT2D eigenvalue weighted by molar-refractivity contribution is 6.09. The molecular weight excluding hydrogens is 460 g/mol. The number of nitrogens with one attached hydrogen (secondary N) is 1. The molecule has 0 amide bonds. The molecule has 2 aromatic carbocycles. The van der Waals surface area contributed by atoms with Gasteiger partial charge in [-0.2, -0.15) is 10.1 Å². The van der Waals surface area contributed by atoms with Gasteiger partial charge in [0.25, 0.3) is 0 Å². The van der Waals surface area contributed by atoms with Gasteiger partial charge >= 0.3 is 11.6 Å². The number of hydrogen-bond acceptors (Lipinski definition) is 8. The number of aromatic nitrogens is 4. The Morgan fingerprint density at radius 1 is 1.06 bits per heavy atom. The number of carbonyl (C=O) groups excluding carboxylic acids is 1. The summed E-state index contributed by atoms with van der Waals surface area (Å²) >= 11 is 0. The van der Waals surface area contributed by atoms with E-state index in [0.29, 0.717) is 35.9 Å². The lowest BCUT2D eigenvalue weighted by molar-refractivity contribution is -0.385. The highest BCUT2D eigenvalue weighted by atomic mass is 16.6. The molecule has 36 heavy (non-hydrogen) atoms. The lowest BCUT2D eigenvalue weighted by Crippen LogP contribution is -2.34. The van der Waals surface area contributed by atoms with E-state index < -0.39 is 4.92 Å². The Balaban J connectivity index is 1.33. The fourth-order valence-corrected chi connectivity index (χ4v) is 4.40. The Morgan fingerprint density at radius 3 is 2.39 bits per heavy atom. The predicted molar refractivity (Wildman–Crippen MR) is 133 cm³/mol. The van der Waals surface area contributed by atoms with E-state index in [0.717, 1.165) is 24.2 Å². The quantitative estimate of drug-likeness (QED) is 0.225. The average molecular weight is 485 g/mol. The average Bonchev–Trinajstić information content (AvgIpc) is 3.35. The van der Waals surface area contributed by atoms with E-state index in [9.17, 15) is 14.9 Å². The van der Waals surface area contributed by atoms with Gasteiger partial charge in [-0.3, -0.25) is 20.0 Å². The molecule has 0 unspecified atom stereocenters. The van der Waals surface area contributed by atoms with Crippen LogP contribution in [0.5, 0.6) is 11.6 Å². The monoisotopic (exact) mass is 484 g/mol. The second-order valence-corrected chi connectivity index (χ2v) is 8.67. The maximum atomic E-state index is 12.6.